The van der Waals surface area contributed by atoms with Gasteiger partial charge in [-0.2, -0.15) is 5.10 Å². The minimum Gasteiger partial charge on any atom is -0.492 e. The summed E-state index contributed by atoms with van der Waals surface area (Å²) in [5.41, 5.74) is 1.92. The molecule has 31 heavy (non-hydrogen) atoms. The highest BCUT2D eigenvalue weighted by Gasteiger charge is 2.36. The van der Waals surface area contributed by atoms with E-state index >= 15 is 0 Å². The number of nitrogens with zero attached hydrogens (tertiary/aromatic N) is 3. The molecule has 7 heteroatoms. The normalized spacial score (nSPS) is 22.8. The maximum atomic E-state index is 13.5. The highest BCUT2D eigenvalue weighted by molar-refractivity contribution is 5.97. The first-order chi connectivity index (χ1) is 15.1. The zero-order chi connectivity index (χ0) is 21.8. The van der Waals surface area contributed by atoms with E-state index in [2.05, 4.69) is 22.6 Å². The number of para-hydroxylation sites is 1. The number of nitrogens with one attached hydrogen (secondary N) is 1. The summed E-state index contributed by atoms with van der Waals surface area (Å²) in [5.74, 6) is 0.432. The Hall–Kier alpha value is -3.09. The summed E-state index contributed by atoms with van der Waals surface area (Å²) in [6.07, 6.45) is 9.16. The Morgan fingerprint density at radius 3 is 2.94 bits per heavy atom. The molecule has 3 heterocycles. The van der Waals surface area contributed by atoms with Crippen LogP contribution in [0.1, 0.15) is 59.0 Å². The van der Waals surface area contributed by atoms with Crippen LogP contribution in [-0.4, -0.2) is 51.7 Å². The molecule has 1 saturated heterocycles. The van der Waals surface area contributed by atoms with Crippen LogP contribution in [0.15, 0.2) is 42.6 Å². The summed E-state index contributed by atoms with van der Waals surface area (Å²) in [5, 5.41) is 7.63. The van der Waals surface area contributed by atoms with E-state index in [0.29, 0.717) is 36.4 Å². The molecular formula is C24H30N4O3. The van der Waals surface area contributed by atoms with Gasteiger partial charge in [0.1, 0.15) is 5.75 Å². The minimum absolute atomic E-state index is 0.00891. The van der Waals surface area contributed by atoms with Crippen molar-refractivity contribution in [2.75, 3.05) is 13.2 Å². The molecule has 2 aliphatic heterocycles. The highest BCUT2D eigenvalue weighted by atomic mass is 16.5. The predicted molar refractivity (Wildman–Crippen MR) is 118 cm³/mol. The Kier molecular flexibility index (Phi) is 6.39. The number of aryl methyl sites for hydroxylation is 2. The Morgan fingerprint density at radius 1 is 1.29 bits per heavy atom. The summed E-state index contributed by atoms with van der Waals surface area (Å²) in [7, 11) is 0. The molecule has 1 aromatic heterocycles. The van der Waals surface area contributed by atoms with Gasteiger partial charge in [0.05, 0.1) is 29.5 Å². The van der Waals surface area contributed by atoms with Crippen LogP contribution in [0.2, 0.25) is 0 Å². The van der Waals surface area contributed by atoms with Crippen LogP contribution in [0, 0.1) is 6.92 Å². The number of hydrogen-bond donors (Lipinski definition) is 1. The van der Waals surface area contributed by atoms with E-state index in [-0.39, 0.29) is 23.9 Å². The quantitative estimate of drug-likeness (QED) is 0.753. The number of hydrogen-bond acceptors (Lipinski definition) is 4. The first-order valence-corrected chi connectivity index (χ1v) is 11.1. The number of amides is 2. The monoisotopic (exact) mass is 422 g/mol. The molecular weight excluding hydrogens is 392 g/mol. The fourth-order valence-corrected chi connectivity index (χ4v) is 4.43. The lowest BCUT2D eigenvalue weighted by atomic mass is 9.92. The number of fused-ring (bicyclic) bond motifs is 2. The molecule has 1 fully saturated rings. The summed E-state index contributed by atoms with van der Waals surface area (Å²) >= 11 is 0. The molecule has 2 atom stereocenters. The van der Waals surface area contributed by atoms with Crippen LogP contribution in [0.25, 0.3) is 0 Å². The van der Waals surface area contributed by atoms with Crippen LogP contribution < -0.4 is 10.1 Å². The molecule has 0 aliphatic carbocycles. The molecule has 1 aromatic carbocycles. The smallest absolute Gasteiger partial charge is 0.257 e. The van der Waals surface area contributed by atoms with E-state index in [1.54, 1.807) is 10.7 Å². The van der Waals surface area contributed by atoms with Crippen LogP contribution in [0.5, 0.6) is 5.75 Å². The molecule has 0 bridgehead atoms. The third kappa shape index (κ3) is 4.50. The number of likely N-dealkylation sites (tertiary alicyclic amines) is 1. The zero-order valence-corrected chi connectivity index (χ0v) is 18.2. The Labute approximate surface area is 183 Å². The Balaban J connectivity index is 1.63. The lowest BCUT2D eigenvalue weighted by molar-refractivity contribution is 0.0530. The first-order valence-electron chi connectivity index (χ1n) is 11.1. The fraction of sp³-hybridized carbons (Fsp3) is 0.458. The second kappa shape index (κ2) is 9.37. The van der Waals surface area contributed by atoms with Crippen molar-refractivity contribution in [3.05, 3.63) is 59.4 Å². The van der Waals surface area contributed by atoms with Gasteiger partial charge in [0, 0.05) is 25.3 Å². The van der Waals surface area contributed by atoms with Crippen molar-refractivity contribution in [2.24, 2.45) is 0 Å². The predicted octanol–water partition coefficient (Wildman–Crippen LogP) is 3.34. The average Bonchev–Trinajstić information content (AvgIpc) is 3.16. The number of rotatable bonds is 2. The molecule has 0 unspecified atom stereocenters. The largest absolute Gasteiger partial charge is 0.492 e. The molecule has 2 aliphatic rings. The maximum absolute atomic E-state index is 13.5. The van der Waals surface area contributed by atoms with Gasteiger partial charge in [-0.25, -0.2) is 0 Å². The van der Waals surface area contributed by atoms with Gasteiger partial charge in [-0.3, -0.25) is 14.3 Å². The number of piperidine rings is 1. The molecule has 0 radical (unpaired) electrons. The summed E-state index contributed by atoms with van der Waals surface area (Å²) in [4.78, 5) is 28.5. The van der Waals surface area contributed by atoms with Gasteiger partial charge in [-0.05, 0) is 51.7 Å². The Morgan fingerprint density at radius 2 is 2.13 bits per heavy atom. The summed E-state index contributed by atoms with van der Waals surface area (Å²) in [6, 6.07) is 7.11. The van der Waals surface area contributed by atoms with Crippen molar-refractivity contribution in [3.8, 4) is 5.75 Å². The van der Waals surface area contributed by atoms with Crippen LogP contribution >= 0.6 is 0 Å². The van der Waals surface area contributed by atoms with Gasteiger partial charge in [-0.1, -0.05) is 24.3 Å². The highest BCUT2D eigenvalue weighted by Crippen LogP contribution is 2.26. The van der Waals surface area contributed by atoms with Crippen molar-refractivity contribution in [1.82, 2.24) is 20.0 Å². The Bertz CT molecular complexity index is 981. The van der Waals surface area contributed by atoms with Crippen molar-refractivity contribution in [3.63, 3.8) is 0 Å². The van der Waals surface area contributed by atoms with E-state index in [4.69, 9.17) is 4.74 Å². The van der Waals surface area contributed by atoms with Crippen LogP contribution in [0.4, 0.5) is 0 Å². The summed E-state index contributed by atoms with van der Waals surface area (Å²) < 4.78 is 7.62. The standard InChI is InChI=1S/C24H30N4O3/c1-3-27-16-19(17(2)26-27)24(30)28-14-9-11-20-21(28)12-5-4-8-15-31-22-13-7-6-10-18(22)23(29)25-20/h4-7,10,13,16,20-21H,3,8-9,11-12,14-15H2,1-2H3,(H,25,29)/b5-4+/t20-,21-/m0/s1. The number of carbonyl (C=O) groups excluding carboxylic acids is 2. The maximum Gasteiger partial charge on any atom is 0.257 e. The third-order valence-electron chi connectivity index (χ3n) is 6.08. The second-order valence-corrected chi connectivity index (χ2v) is 8.11. The van der Waals surface area contributed by atoms with E-state index in [1.165, 1.54) is 0 Å². The summed E-state index contributed by atoms with van der Waals surface area (Å²) in [6.45, 7) is 5.79. The lowest BCUT2D eigenvalue weighted by Gasteiger charge is -2.41. The van der Waals surface area contributed by atoms with Crippen molar-refractivity contribution >= 4 is 11.8 Å². The SMILES string of the molecule is CCn1cc(C(=O)N2CCC[C@@H]3NC(=O)c4ccccc4OCC/C=C/C[C@@H]32)c(C)n1. The molecule has 164 valence electrons. The van der Waals surface area contributed by atoms with Crippen LogP contribution in [-0.2, 0) is 6.54 Å². The molecule has 2 amide bonds. The third-order valence-corrected chi connectivity index (χ3v) is 6.08. The van der Waals surface area contributed by atoms with E-state index in [9.17, 15) is 9.59 Å². The molecule has 1 N–H and O–H groups in total. The van der Waals surface area contributed by atoms with Gasteiger partial charge < -0.3 is 15.0 Å². The minimum atomic E-state index is -0.153. The van der Waals surface area contributed by atoms with Gasteiger partial charge in [-0.15, -0.1) is 0 Å². The van der Waals surface area contributed by atoms with Gasteiger partial charge in [0.15, 0.2) is 0 Å². The number of carbonyl (C=O) groups is 2. The van der Waals surface area contributed by atoms with Gasteiger partial charge in [0.2, 0.25) is 0 Å². The second-order valence-electron chi connectivity index (χ2n) is 8.11. The molecule has 0 spiro atoms. The molecule has 0 saturated carbocycles. The van der Waals surface area contributed by atoms with Crippen LogP contribution in [0.3, 0.4) is 0 Å². The number of aromatic nitrogens is 2. The fourth-order valence-electron chi connectivity index (χ4n) is 4.43. The first kappa shape index (κ1) is 21.2. The topological polar surface area (TPSA) is 76.5 Å². The van der Waals surface area contributed by atoms with E-state index in [0.717, 1.165) is 31.5 Å². The molecule has 7 nitrogen and oxygen atoms in total. The van der Waals surface area contributed by atoms with Crippen molar-refractivity contribution < 1.29 is 14.3 Å². The van der Waals surface area contributed by atoms with Crippen molar-refractivity contribution in [2.45, 2.75) is 58.2 Å². The number of benzene rings is 1. The van der Waals surface area contributed by atoms with E-state index in [1.807, 2.05) is 43.1 Å². The lowest BCUT2D eigenvalue weighted by Crippen LogP contribution is -2.57. The van der Waals surface area contributed by atoms with Gasteiger partial charge >= 0.3 is 0 Å². The molecule has 4 rings (SSSR count). The average molecular weight is 423 g/mol. The number of ether oxygens (including phenoxy) is 1. The van der Waals surface area contributed by atoms with E-state index < -0.39 is 0 Å². The van der Waals surface area contributed by atoms with Crippen molar-refractivity contribution in [1.29, 1.82) is 0 Å². The molecule has 2 aromatic rings. The zero-order valence-electron chi connectivity index (χ0n) is 18.2. The van der Waals surface area contributed by atoms with Gasteiger partial charge in [0.25, 0.3) is 11.8 Å².